The second-order valence-electron chi connectivity index (χ2n) is 4.86. The van der Waals surface area contributed by atoms with Crippen LogP contribution in [0.25, 0.3) is 0 Å². The first kappa shape index (κ1) is 13.4. The van der Waals surface area contributed by atoms with Gasteiger partial charge in [-0.05, 0) is 49.8 Å². The summed E-state index contributed by atoms with van der Waals surface area (Å²) in [4.78, 5) is 0. The Morgan fingerprint density at radius 2 is 2.17 bits per heavy atom. The van der Waals surface area contributed by atoms with E-state index in [9.17, 15) is 0 Å². The zero-order valence-corrected chi connectivity index (χ0v) is 12.2. The van der Waals surface area contributed by atoms with Gasteiger partial charge in [-0.15, -0.1) is 0 Å². The Kier molecular flexibility index (Phi) is 4.66. The van der Waals surface area contributed by atoms with Crippen LogP contribution >= 0.6 is 15.9 Å². The highest BCUT2D eigenvalue weighted by molar-refractivity contribution is 9.10. The fourth-order valence-electron chi connectivity index (χ4n) is 2.64. The van der Waals surface area contributed by atoms with Crippen molar-refractivity contribution in [1.29, 1.82) is 5.26 Å². The van der Waals surface area contributed by atoms with Gasteiger partial charge in [-0.25, -0.2) is 0 Å². The Morgan fingerprint density at radius 1 is 1.39 bits per heavy atom. The van der Waals surface area contributed by atoms with Gasteiger partial charge in [-0.1, -0.05) is 29.3 Å². The molecule has 1 saturated carbocycles. The van der Waals surface area contributed by atoms with Crippen molar-refractivity contribution in [3.63, 3.8) is 0 Å². The van der Waals surface area contributed by atoms with Gasteiger partial charge in [0.1, 0.15) is 17.9 Å². The van der Waals surface area contributed by atoms with Gasteiger partial charge >= 0.3 is 0 Å². The van der Waals surface area contributed by atoms with Gasteiger partial charge in [0.2, 0.25) is 0 Å². The second kappa shape index (κ2) is 6.24. The van der Waals surface area contributed by atoms with Gasteiger partial charge in [0.15, 0.2) is 0 Å². The van der Waals surface area contributed by atoms with Gasteiger partial charge in [-0.2, -0.15) is 5.26 Å². The maximum atomic E-state index is 9.12. The molecule has 96 valence electrons. The van der Waals surface area contributed by atoms with Gasteiger partial charge in [0.05, 0.1) is 5.56 Å². The van der Waals surface area contributed by atoms with E-state index in [1.54, 1.807) is 0 Å². The number of hydrogen-bond donors (Lipinski definition) is 0. The molecule has 0 amide bonds. The smallest absolute Gasteiger partial charge is 0.138 e. The molecule has 2 atom stereocenters. The molecule has 0 radical (unpaired) electrons. The summed E-state index contributed by atoms with van der Waals surface area (Å²) in [5.74, 6) is 1.35. The molecule has 0 aliphatic heterocycles. The first-order chi connectivity index (χ1) is 8.74. The number of ether oxygens (including phenoxy) is 1. The molecule has 2 nitrogen and oxygen atoms in total. The van der Waals surface area contributed by atoms with Crippen LogP contribution in [0.5, 0.6) is 5.75 Å². The third-order valence-electron chi connectivity index (χ3n) is 3.71. The molecule has 0 spiro atoms. The van der Waals surface area contributed by atoms with Crippen LogP contribution in [-0.4, -0.2) is 6.10 Å². The quantitative estimate of drug-likeness (QED) is 0.813. The molecule has 0 aromatic heterocycles. The third kappa shape index (κ3) is 3.05. The Balaban J connectivity index is 2.17. The van der Waals surface area contributed by atoms with Crippen LogP contribution in [0.4, 0.5) is 0 Å². The van der Waals surface area contributed by atoms with Crippen molar-refractivity contribution in [2.24, 2.45) is 5.92 Å². The maximum absolute atomic E-state index is 9.12. The normalized spacial score (nSPS) is 23.4. The van der Waals surface area contributed by atoms with E-state index in [4.69, 9.17) is 10.00 Å². The van der Waals surface area contributed by atoms with E-state index in [0.717, 1.165) is 23.1 Å². The number of hydrogen-bond acceptors (Lipinski definition) is 2. The van der Waals surface area contributed by atoms with Crippen LogP contribution in [0.1, 0.15) is 44.6 Å². The van der Waals surface area contributed by atoms with E-state index in [1.165, 1.54) is 19.3 Å². The highest BCUT2D eigenvalue weighted by Gasteiger charge is 2.25. The topological polar surface area (TPSA) is 33.0 Å². The van der Waals surface area contributed by atoms with Gasteiger partial charge < -0.3 is 4.74 Å². The number of rotatable bonds is 3. The first-order valence-corrected chi connectivity index (χ1v) is 7.40. The summed E-state index contributed by atoms with van der Waals surface area (Å²) in [5.41, 5.74) is 0.624. The molecule has 0 N–H and O–H groups in total. The molecule has 0 bridgehead atoms. The summed E-state index contributed by atoms with van der Waals surface area (Å²) >= 11 is 3.43. The molecule has 1 aromatic rings. The number of nitriles is 1. The van der Waals surface area contributed by atoms with Gasteiger partial charge in [0, 0.05) is 4.47 Å². The Labute approximate surface area is 117 Å². The van der Waals surface area contributed by atoms with Crippen molar-refractivity contribution < 1.29 is 4.74 Å². The molecule has 0 saturated heterocycles. The van der Waals surface area contributed by atoms with Crippen molar-refractivity contribution >= 4 is 15.9 Å². The second-order valence-corrected chi connectivity index (χ2v) is 5.78. The molecule has 0 heterocycles. The third-order valence-corrected chi connectivity index (χ3v) is 4.20. The van der Waals surface area contributed by atoms with Crippen molar-refractivity contribution in [1.82, 2.24) is 0 Å². The lowest BCUT2D eigenvalue weighted by atomic mass is 9.84. The average Bonchev–Trinajstić information content (AvgIpc) is 2.40. The van der Waals surface area contributed by atoms with Crippen LogP contribution < -0.4 is 4.74 Å². The fraction of sp³-hybridized carbons (Fsp3) is 0.533. The summed E-state index contributed by atoms with van der Waals surface area (Å²) < 4.78 is 7.07. The van der Waals surface area contributed by atoms with Crippen molar-refractivity contribution in [2.45, 2.75) is 45.1 Å². The average molecular weight is 308 g/mol. The zero-order valence-electron chi connectivity index (χ0n) is 10.7. The van der Waals surface area contributed by atoms with Crippen LogP contribution in [0.3, 0.4) is 0 Å². The molecule has 2 unspecified atom stereocenters. The zero-order chi connectivity index (χ0) is 13.0. The number of nitrogens with zero attached hydrogens (tertiary/aromatic N) is 1. The molecule has 1 aliphatic carbocycles. The highest BCUT2D eigenvalue weighted by atomic mass is 79.9. The van der Waals surface area contributed by atoms with Crippen LogP contribution in [0.2, 0.25) is 0 Å². The van der Waals surface area contributed by atoms with Gasteiger partial charge in [-0.3, -0.25) is 0 Å². The molecular weight excluding hydrogens is 290 g/mol. The van der Waals surface area contributed by atoms with E-state index in [0.29, 0.717) is 11.5 Å². The SMILES string of the molecule is CCC1CCCCC1Oc1cc(Br)ccc1C#N. The van der Waals surface area contributed by atoms with Crippen molar-refractivity contribution in [3.8, 4) is 11.8 Å². The Hall–Kier alpha value is -1.01. The minimum Gasteiger partial charge on any atom is -0.489 e. The van der Waals surface area contributed by atoms with Crippen LogP contribution in [-0.2, 0) is 0 Å². The largest absolute Gasteiger partial charge is 0.489 e. The molecular formula is C15H18BrNO. The highest BCUT2D eigenvalue weighted by Crippen LogP contribution is 2.32. The lowest BCUT2D eigenvalue weighted by molar-refractivity contribution is 0.0900. The van der Waals surface area contributed by atoms with E-state index in [-0.39, 0.29) is 6.10 Å². The molecule has 2 rings (SSSR count). The lowest BCUT2D eigenvalue weighted by Gasteiger charge is -2.31. The summed E-state index contributed by atoms with van der Waals surface area (Å²) in [5, 5.41) is 9.12. The predicted molar refractivity (Wildman–Crippen MR) is 75.5 cm³/mol. The van der Waals surface area contributed by atoms with E-state index in [2.05, 4.69) is 28.9 Å². The molecule has 1 fully saturated rings. The minimum atomic E-state index is 0.269. The first-order valence-electron chi connectivity index (χ1n) is 6.61. The number of halogens is 1. The molecule has 1 aromatic carbocycles. The molecule has 3 heteroatoms. The monoisotopic (exact) mass is 307 g/mol. The maximum Gasteiger partial charge on any atom is 0.138 e. The fourth-order valence-corrected chi connectivity index (χ4v) is 2.99. The molecule has 1 aliphatic rings. The summed E-state index contributed by atoms with van der Waals surface area (Å²) in [6.07, 6.45) is 6.32. The summed E-state index contributed by atoms with van der Waals surface area (Å²) in [6.45, 7) is 2.22. The van der Waals surface area contributed by atoms with E-state index < -0.39 is 0 Å². The Morgan fingerprint density at radius 3 is 2.89 bits per heavy atom. The van der Waals surface area contributed by atoms with Crippen molar-refractivity contribution in [2.75, 3.05) is 0 Å². The van der Waals surface area contributed by atoms with Crippen molar-refractivity contribution in [3.05, 3.63) is 28.2 Å². The minimum absolute atomic E-state index is 0.269. The standard InChI is InChI=1S/C15H18BrNO/c1-2-11-5-3-4-6-14(11)18-15-9-13(16)8-7-12(15)10-17/h7-9,11,14H,2-6H2,1H3. The van der Waals surface area contributed by atoms with E-state index >= 15 is 0 Å². The summed E-state index contributed by atoms with van der Waals surface area (Å²) in [6, 6.07) is 7.79. The summed E-state index contributed by atoms with van der Waals surface area (Å²) in [7, 11) is 0. The lowest BCUT2D eigenvalue weighted by Crippen LogP contribution is -2.30. The van der Waals surface area contributed by atoms with Crippen LogP contribution in [0.15, 0.2) is 22.7 Å². The van der Waals surface area contributed by atoms with Gasteiger partial charge in [0.25, 0.3) is 0 Å². The predicted octanol–water partition coefficient (Wildman–Crippen LogP) is 4.67. The number of benzene rings is 1. The van der Waals surface area contributed by atoms with E-state index in [1.807, 2.05) is 18.2 Å². The Bertz CT molecular complexity index is 452. The molecule has 18 heavy (non-hydrogen) atoms. The van der Waals surface area contributed by atoms with Crippen LogP contribution in [0, 0.1) is 17.2 Å².